The van der Waals surface area contributed by atoms with E-state index in [0.29, 0.717) is 22.8 Å². The number of hydrogen-bond donors (Lipinski definition) is 3. The number of hydrogen-bond acceptors (Lipinski definition) is 4. The lowest BCUT2D eigenvalue weighted by Crippen LogP contribution is -2.21. The lowest BCUT2D eigenvalue weighted by molar-refractivity contribution is 0.0980. The van der Waals surface area contributed by atoms with Crippen LogP contribution < -0.4 is 10.6 Å². The van der Waals surface area contributed by atoms with Gasteiger partial charge in [0, 0.05) is 17.7 Å². The number of allylic oxidation sites excluding steroid dienone is 2. The second kappa shape index (κ2) is 10.9. The fourth-order valence-electron chi connectivity index (χ4n) is 3.05. The van der Waals surface area contributed by atoms with Gasteiger partial charge in [-0.3, -0.25) is 10.1 Å². The summed E-state index contributed by atoms with van der Waals surface area (Å²) in [6.07, 6.45) is 7.55. The first-order valence-corrected chi connectivity index (χ1v) is 13.2. The summed E-state index contributed by atoms with van der Waals surface area (Å²) >= 11 is 4.94. The van der Waals surface area contributed by atoms with Crippen molar-refractivity contribution in [1.29, 1.82) is 0 Å². The molecule has 0 aliphatic carbocycles. The number of aryl methyl sites for hydroxylation is 1. The number of thiol groups is 1. The summed E-state index contributed by atoms with van der Waals surface area (Å²) in [5.74, 6) is 0.901. The van der Waals surface area contributed by atoms with E-state index in [0.717, 1.165) is 40.1 Å². The number of thiazole rings is 1. The number of urea groups is 1. The molecule has 0 atom stereocenters. The number of unbranched alkanes of at least 4 members (excludes halogenated alkanes) is 2. The standard InChI is InChI=1S/C22H26BrN3O2S2/c1-3-4-5-8-19(27)16-13-15(2)9-10-17(16)24-21(28)26-22-25-18(20(23)29-22)14-30-11-6-7-12-30/h6-7,9-13,30H,3-5,8,14H2,1-2H3,(H2,24,25,26,28). The van der Waals surface area contributed by atoms with Gasteiger partial charge in [0.25, 0.3) is 0 Å². The smallest absolute Gasteiger partial charge is 0.307 e. The van der Waals surface area contributed by atoms with E-state index in [1.54, 1.807) is 6.07 Å². The van der Waals surface area contributed by atoms with Crippen molar-refractivity contribution in [3.63, 3.8) is 0 Å². The van der Waals surface area contributed by atoms with Crippen molar-refractivity contribution in [1.82, 2.24) is 4.98 Å². The predicted octanol–water partition coefficient (Wildman–Crippen LogP) is 7.16. The Morgan fingerprint density at radius 3 is 2.67 bits per heavy atom. The molecule has 2 amide bonds. The maximum Gasteiger partial charge on any atom is 0.325 e. The van der Waals surface area contributed by atoms with E-state index in [4.69, 9.17) is 0 Å². The summed E-state index contributed by atoms with van der Waals surface area (Å²) < 4.78 is 0.927. The molecule has 0 unspecified atom stereocenters. The zero-order valence-corrected chi connectivity index (χ0v) is 20.4. The normalized spacial score (nSPS) is 13.6. The quantitative estimate of drug-likeness (QED) is 0.191. The van der Waals surface area contributed by atoms with Crippen molar-refractivity contribution in [2.75, 3.05) is 10.6 Å². The van der Waals surface area contributed by atoms with Crippen LogP contribution in [0.1, 0.15) is 54.2 Å². The van der Waals surface area contributed by atoms with Crippen LogP contribution in [0.4, 0.5) is 15.6 Å². The summed E-state index contributed by atoms with van der Waals surface area (Å²) in [5.41, 5.74) is 3.02. The first-order chi connectivity index (χ1) is 14.5. The summed E-state index contributed by atoms with van der Waals surface area (Å²) in [6, 6.07) is 5.11. The molecular formula is C22H26BrN3O2S2. The van der Waals surface area contributed by atoms with Crippen LogP contribution in [-0.4, -0.2) is 16.8 Å². The Balaban J connectivity index is 1.65. The minimum Gasteiger partial charge on any atom is -0.307 e. The molecule has 0 spiro atoms. The van der Waals surface area contributed by atoms with Gasteiger partial charge in [-0.15, -0.1) is 0 Å². The van der Waals surface area contributed by atoms with Crippen molar-refractivity contribution in [2.45, 2.75) is 45.3 Å². The highest BCUT2D eigenvalue weighted by molar-refractivity contribution is 9.11. The monoisotopic (exact) mass is 507 g/mol. The highest BCUT2D eigenvalue weighted by Gasteiger charge is 2.16. The number of rotatable bonds is 9. The Hall–Kier alpha value is -1.90. The molecule has 0 radical (unpaired) electrons. The van der Waals surface area contributed by atoms with E-state index in [2.05, 4.69) is 61.4 Å². The first-order valence-electron chi connectivity index (χ1n) is 9.94. The number of halogens is 1. The van der Waals surface area contributed by atoms with Gasteiger partial charge in [-0.2, -0.15) is 0 Å². The van der Waals surface area contributed by atoms with E-state index in [1.807, 2.05) is 19.1 Å². The van der Waals surface area contributed by atoms with Crippen molar-refractivity contribution in [3.8, 4) is 0 Å². The number of nitrogens with zero attached hydrogens (tertiary/aromatic N) is 1. The second-order valence-electron chi connectivity index (χ2n) is 7.10. The second-order valence-corrected chi connectivity index (χ2v) is 11.4. The molecular weight excluding hydrogens is 482 g/mol. The molecule has 1 aromatic heterocycles. The number of anilines is 2. The molecule has 30 heavy (non-hydrogen) atoms. The molecule has 0 fully saturated rings. The van der Waals surface area contributed by atoms with Crippen LogP contribution >= 0.6 is 38.2 Å². The van der Waals surface area contributed by atoms with Gasteiger partial charge in [-0.25, -0.2) is 20.7 Å². The average Bonchev–Trinajstić information content (AvgIpc) is 3.33. The fourth-order valence-corrected chi connectivity index (χ4v) is 6.29. The van der Waals surface area contributed by atoms with Gasteiger partial charge in [-0.1, -0.05) is 54.9 Å². The number of amides is 2. The molecule has 1 aliphatic heterocycles. The minimum absolute atomic E-state index is 0.0571. The zero-order valence-electron chi connectivity index (χ0n) is 17.1. The summed E-state index contributed by atoms with van der Waals surface area (Å²) in [6.45, 7) is 4.05. The van der Waals surface area contributed by atoms with Gasteiger partial charge in [-0.05, 0) is 52.2 Å². The van der Waals surface area contributed by atoms with Gasteiger partial charge in [0.05, 0.1) is 15.2 Å². The Kier molecular flexibility index (Phi) is 8.30. The average molecular weight is 509 g/mol. The summed E-state index contributed by atoms with van der Waals surface area (Å²) in [7, 11) is -0.319. The Labute approximate surface area is 192 Å². The number of Topliss-reactive ketones (excluding diaryl/α,β-unsaturated/α-hetero) is 1. The molecule has 160 valence electrons. The summed E-state index contributed by atoms with van der Waals surface area (Å²) in [5, 5.41) is 10.5. The van der Waals surface area contributed by atoms with Crippen LogP contribution in [0.25, 0.3) is 0 Å². The minimum atomic E-state index is -0.402. The molecule has 3 rings (SSSR count). The van der Waals surface area contributed by atoms with E-state index < -0.39 is 6.03 Å². The van der Waals surface area contributed by atoms with Crippen molar-refractivity contribution < 1.29 is 9.59 Å². The first kappa shape index (κ1) is 22.8. The SMILES string of the molecule is CCCCCC(=O)c1cc(C)ccc1NC(=O)Nc1nc(C[SH]2C=CC=C2)c(Br)s1. The predicted molar refractivity (Wildman–Crippen MR) is 133 cm³/mol. The highest BCUT2D eigenvalue weighted by Crippen LogP contribution is 2.40. The van der Waals surface area contributed by atoms with Crippen LogP contribution in [-0.2, 0) is 5.75 Å². The molecule has 0 bridgehead atoms. The maximum absolute atomic E-state index is 12.6. The molecule has 1 aliphatic rings. The fraction of sp³-hybridized carbons (Fsp3) is 0.318. The third-order valence-corrected chi connectivity index (χ3v) is 8.12. The molecule has 0 saturated carbocycles. The van der Waals surface area contributed by atoms with Crippen LogP contribution in [0, 0.1) is 6.92 Å². The van der Waals surface area contributed by atoms with Crippen LogP contribution in [0.15, 0.2) is 45.0 Å². The van der Waals surface area contributed by atoms with Crippen LogP contribution in [0.3, 0.4) is 0 Å². The largest absolute Gasteiger partial charge is 0.325 e. The van der Waals surface area contributed by atoms with Crippen LogP contribution in [0.2, 0.25) is 0 Å². The van der Waals surface area contributed by atoms with Gasteiger partial charge in [0.1, 0.15) is 0 Å². The molecule has 2 aromatic rings. The van der Waals surface area contributed by atoms with E-state index in [1.165, 1.54) is 11.3 Å². The number of aromatic nitrogens is 1. The number of carbonyl (C=O) groups excluding carboxylic acids is 2. The summed E-state index contributed by atoms with van der Waals surface area (Å²) in [4.78, 5) is 29.8. The number of benzene rings is 1. The molecule has 1 aromatic carbocycles. The van der Waals surface area contributed by atoms with E-state index >= 15 is 0 Å². The van der Waals surface area contributed by atoms with Crippen molar-refractivity contribution in [3.05, 3.63) is 61.8 Å². The van der Waals surface area contributed by atoms with Crippen molar-refractivity contribution in [2.24, 2.45) is 0 Å². The third kappa shape index (κ3) is 6.30. The van der Waals surface area contributed by atoms with E-state index in [-0.39, 0.29) is 16.7 Å². The molecule has 0 saturated heterocycles. The zero-order chi connectivity index (χ0) is 21.5. The van der Waals surface area contributed by atoms with Crippen LogP contribution in [0.5, 0.6) is 0 Å². The Morgan fingerprint density at radius 2 is 1.93 bits per heavy atom. The number of ketones is 1. The topological polar surface area (TPSA) is 71.1 Å². The number of nitrogens with one attached hydrogen (secondary N) is 2. The Bertz CT molecular complexity index is 973. The maximum atomic E-state index is 12.6. The van der Waals surface area contributed by atoms with Gasteiger partial charge in [0.15, 0.2) is 10.9 Å². The Morgan fingerprint density at radius 1 is 1.17 bits per heavy atom. The number of carbonyl (C=O) groups is 2. The molecule has 5 nitrogen and oxygen atoms in total. The lowest BCUT2D eigenvalue weighted by atomic mass is 10.0. The third-order valence-electron chi connectivity index (χ3n) is 4.60. The molecule has 2 N–H and O–H groups in total. The molecule has 8 heteroatoms. The van der Waals surface area contributed by atoms with Gasteiger partial charge < -0.3 is 5.32 Å². The van der Waals surface area contributed by atoms with E-state index in [9.17, 15) is 9.59 Å². The highest BCUT2D eigenvalue weighted by atomic mass is 79.9. The van der Waals surface area contributed by atoms with Gasteiger partial charge in [0.2, 0.25) is 0 Å². The lowest BCUT2D eigenvalue weighted by Gasteiger charge is -2.11. The van der Waals surface area contributed by atoms with Crippen molar-refractivity contribution >= 4 is 60.8 Å². The van der Waals surface area contributed by atoms with Gasteiger partial charge >= 0.3 is 6.03 Å². The molecule has 2 heterocycles.